The fourth-order valence-corrected chi connectivity index (χ4v) is 10.8. The molecule has 2 saturated carbocycles. The van der Waals surface area contributed by atoms with Crippen molar-refractivity contribution in [3.63, 3.8) is 0 Å². The molecule has 7 rings (SSSR count). The van der Waals surface area contributed by atoms with E-state index in [9.17, 15) is 13.2 Å². The summed E-state index contributed by atoms with van der Waals surface area (Å²) in [6.07, 6.45) is 7.39. The quantitative estimate of drug-likeness (QED) is 0.289. The number of aromatic nitrogens is 1. The number of benzene rings is 2. The second-order valence-corrected chi connectivity index (χ2v) is 16.8. The number of carbonyl (C=O) groups excluding carboxylic acids is 2. The topological polar surface area (TPSA) is 104 Å². The molecule has 50 heavy (non-hydrogen) atoms. The molecule has 3 fully saturated rings. The zero-order valence-corrected chi connectivity index (χ0v) is 31.3. The van der Waals surface area contributed by atoms with Gasteiger partial charge in [-0.2, -0.15) is 12.7 Å². The van der Waals surface area contributed by atoms with Gasteiger partial charge in [0.1, 0.15) is 5.75 Å². The third-order valence-electron chi connectivity index (χ3n) is 12.1. The van der Waals surface area contributed by atoms with E-state index in [4.69, 9.17) is 4.74 Å². The largest absolute Gasteiger partial charge is 0.497 e. The zero-order chi connectivity index (χ0) is 35.5. The number of hydrogen-bond donors (Lipinski definition) is 1. The second-order valence-electron chi connectivity index (χ2n) is 15.1. The first-order valence-corrected chi connectivity index (χ1v) is 20.1. The summed E-state index contributed by atoms with van der Waals surface area (Å²) in [5.74, 6) is 0.748. The lowest BCUT2D eigenvalue weighted by Crippen LogP contribution is -2.60. The Morgan fingerprint density at radius 2 is 1.76 bits per heavy atom. The molecule has 2 aliphatic heterocycles. The van der Waals surface area contributed by atoms with Crippen molar-refractivity contribution >= 4 is 32.9 Å². The average molecular weight is 704 g/mol. The van der Waals surface area contributed by atoms with Crippen LogP contribution in [0, 0.1) is 5.41 Å². The van der Waals surface area contributed by atoms with E-state index in [1.165, 1.54) is 29.1 Å². The first kappa shape index (κ1) is 35.0. The number of nitrogens with one attached hydrogen (secondary N) is 1. The van der Waals surface area contributed by atoms with Crippen LogP contribution in [0.3, 0.4) is 0 Å². The molecule has 11 heteroatoms. The summed E-state index contributed by atoms with van der Waals surface area (Å²) in [5, 5.41) is 1.08. The summed E-state index contributed by atoms with van der Waals surface area (Å²) in [7, 11) is -0.164. The van der Waals surface area contributed by atoms with Crippen molar-refractivity contribution in [2.45, 2.75) is 103 Å². The molecule has 2 aromatic carbocycles. The van der Waals surface area contributed by atoms with E-state index < -0.39 is 21.5 Å². The summed E-state index contributed by atoms with van der Waals surface area (Å²) < 4.78 is 37.8. The molecule has 0 radical (unpaired) electrons. The third kappa shape index (κ3) is 5.73. The van der Waals surface area contributed by atoms with Crippen LogP contribution < -0.4 is 9.46 Å². The Hall–Kier alpha value is -3.41. The maximum absolute atomic E-state index is 15.2. The minimum absolute atomic E-state index is 0.0457. The zero-order valence-electron chi connectivity index (χ0n) is 30.5. The van der Waals surface area contributed by atoms with Gasteiger partial charge in [-0.15, -0.1) is 0 Å². The number of likely N-dealkylation sites (N-methyl/N-ethyl adjacent to an activating group) is 1. The lowest BCUT2D eigenvalue weighted by molar-refractivity contribution is -0.146. The van der Waals surface area contributed by atoms with E-state index in [1.807, 2.05) is 18.2 Å². The average Bonchev–Trinajstić information content (AvgIpc) is 3.77. The predicted octanol–water partition coefficient (Wildman–Crippen LogP) is 6.11. The molecule has 1 saturated heterocycles. The first-order valence-electron chi connectivity index (χ1n) is 18.7. The smallest absolute Gasteiger partial charge is 0.304 e. The van der Waals surface area contributed by atoms with Crippen LogP contribution in [0.15, 0.2) is 36.4 Å². The van der Waals surface area contributed by atoms with Gasteiger partial charge in [0.05, 0.1) is 18.2 Å². The normalized spacial score (nSPS) is 25.5. The van der Waals surface area contributed by atoms with E-state index >= 15 is 4.79 Å². The number of rotatable bonds is 9. The van der Waals surface area contributed by atoms with Crippen LogP contribution in [0.1, 0.15) is 106 Å². The Balaban J connectivity index is 1.42. The summed E-state index contributed by atoms with van der Waals surface area (Å²) in [6.45, 7) is 10.6. The van der Waals surface area contributed by atoms with Crippen molar-refractivity contribution in [1.82, 2.24) is 23.4 Å². The maximum Gasteiger partial charge on any atom is 0.304 e. The minimum atomic E-state index is -4.00. The molecule has 0 bridgehead atoms. The van der Waals surface area contributed by atoms with E-state index in [-0.39, 0.29) is 42.6 Å². The van der Waals surface area contributed by atoms with Crippen molar-refractivity contribution in [3.05, 3.63) is 53.1 Å². The van der Waals surface area contributed by atoms with Crippen LogP contribution in [-0.4, -0.2) is 91.3 Å². The van der Waals surface area contributed by atoms with Gasteiger partial charge in [-0.3, -0.25) is 9.59 Å². The second kappa shape index (κ2) is 13.3. The predicted molar refractivity (Wildman–Crippen MR) is 197 cm³/mol. The minimum Gasteiger partial charge on any atom is -0.497 e. The first-order chi connectivity index (χ1) is 24.0. The molecule has 10 nitrogen and oxygen atoms in total. The van der Waals surface area contributed by atoms with E-state index in [0.29, 0.717) is 12.5 Å². The number of amides is 2. The van der Waals surface area contributed by atoms with Crippen molar-refractivity contribution in [2.75, 3.05) is 40.3 Å². The van der Waals surface area contributed by atoms with Gasteiger partial charge in [-0.1, -0.05) is 46.1 Å². The summed E-state index contributed by atoms with van der Waals surface area (Å²) in [5.41, 5.74) is 5.25. The summed E-state index contributed by atoms with van der Waals surface area (Å²) in [6, 6.07) is 12.2. The van der Waals surface area contributed by atoms with Crippen molar-refractivity contribution in [2.24, 2.45) is 5.41 Å². The number of hydrogen-bond acceptors (Lipinski definition) is 6. The monoisotopic (exact) mass is 703 g/mol. The summed E-state index contributed by atoms with van der Waals surface area (Å²) in [4.78, 5) is 33.3. The molecule has 3 aromatic rings. The van der Waals surface area contributed by atoms with Gasteiger partial charge in [-0.25, -0.2) is 4.72 Å². The molecule has 4 atom stereocenters. The van der Waals surface area contributed by atoms with E-state index in [2.05, 4.69) is 52.1 Å². The molecule has 0 spiro atoms. The van der Waals surface area contributed by atoms with Crippen LogP contribution in [0.4, 0.5) is 0 Å². The van der Waals surface area contributed by atoms with Crippen LogP contribution >= 0.6 is 0 Å². The number of methoxy groups -OCH3 is 1. The summed E-state index contributed by atoms with van der Waals surface area (Å²) >= 11 is 0. The molecule has 1 N–H and O–H groups in total. The number of carbonyl (C=O) groups is 2. The highest BCUT2D eigenvalue weighted by Gasteiger charge is 2.64. The van der Waals surface area contributed by atoms with Gasteiger partial charge >= 0.3 is 10.2 Å². The number of piperazine rings is 1. The number of fused-ring (bicyclic) bond motifs is 7. The number of nitrogens with zero attached hydrogens (tertiary/aromatic N) is 4. The molecule has 4 aliphatic rings. The molecular weight excluding hydrogens is 651 g/mol. The van der Waals surface area contributed by atoms with Gasteiger partial charge in [0, 0.05) is 72.8 Å². The van der Waals surface area contributed by atoms with Crippen LogP contribution in [-0.2, 0) is 21.5 Å². The molecule has 3 heterocycles. The Morgan fingerprint density at radius 1 is 1.02 bits per heavy atom. The van der Waals surface area contributed by atoms with E-state index in [1.54, 1.807) is 27.0 Å². The lowest BCUT2D eigenvalue weighted by Gasteiger charge is -2.46. The third-order valence-corrected chi connectivity index (χ3v) is 13.8. The Bertz CT molecular complexity index is 1910. The fraction of sp³-hybridized carbons (Fsp3) is 0.590. The standard InChI is InChI=1S/C39H53N5O5S/c1-7-28-23-41(5)22-25(4)44(28)38(46)39-21-33(39)32-20-29(49-6)16-18-30(32)36-35(26-13-11-10-12-14-26)31-17-15-27(19-34(31)43(36)24-39)37(45)40-50(47,48)42(8-2)9-3/h15-20,25-26,28,33H,7-14,21-24H2,1-6H3,(H,40,45). The molecule has 4 unspecified atom stereocenters. The van der Waals surface area contributed by atoms with Crippen molar-refractivity contribution in [3.8, 4) is 17.0 Å². The fourth-order valence-electron chi connectivity index (χ4n) is 9.60. The highest BCUT2D eigenvalue weighted by molar-refractivity contribution is 7.87. The van der Waals surface area contributed by atoms with E-state index in [0.717, 1.165) is 72.2 Å². The maximum atomic E-state index is 15.2. The van der Waals surface area contributed by atoms with Crippen LogP contribution in [0.25, 0.3) is 22.2 Å². The Labute approximate surface area is 297 Å². The van der Waals surface area contributed by atoms with Crippen LogP contribution in [0.2, 0.25) is 0 Å². The van der Waals surface area contributed by atoms with Crippen molar-refractivity contribution < 1.29 is 22.7 Å². The number of ether oxygens (including phenoxy) is 1. The highest BCUT2D eigenvalue weighted by Crippen LogP contribution is 2.66. The van der Waals surface area contributed by atoms with Gasteiger partial charge in [0.2, 0.25) is 5.91 Å². The van der Waals surface area contributed by atoms with Gasteiger partial charge in [-0.05, 0) is 87.0 Å². The molecular formula is C39H53N5O5S. The molecule has 2 aliphatic carbocycles. The molecule has 1 aromatic heterocycles. The van der Waals surface area contributed by atoms with Gasteiger partial charge in [0.15, 0.2) is 0 Å². The van der Waals surface area contributed by atoms with Crippen molar-refractivity contribution in [1.29, 1.82) is 0 Å². The van der Waals surface area contributed by atoms with Gasteiger partial charge < -0.3 is 19.1 Å². The molecule has 270 valence electrons. The highest BCUT2D eigenvalue weighted by atomic mass is 32.2. The SMILES string of the molecule is CCC1CN(C)CC(C)N1C(=O)C12CC1c1cc(OC)ccc1-c1c(C3CCCCC3)c3ccc(C(=O)NS(=O)(=O)N(CC)CC)cc3n1C2. The van der Waals surface area contributed by atoms with Gasteiger partial charge in [0.25, 0.3) is 5.91 Å². The Kier molecular flexibility index (Phi) is 9.31. The van der Waals surface area contributed by atoms with Crippen LogP contribution in [0.5, 0.6) is 5.75 Å². The Morgan fingerprint density at radius 3 is 2.44 bits per heavy atom. The lowest BCUT2D eigenvalue weighted by atomic mass is 9.81. The molecule has 2 amide bonds.